The van der Waals surface area contributed by atoms with Crippen LogP contribution in [0.3, 0.4) is 0 Å². The fraction of sp³-hybridized carbons (Fsp3) is 0.412. The van der Waals surface area contributed by atoms with E-state index in [-0.39, 0.29) is 0 Å². The lowest BCUT2D eigenvalue weighted by molar-refractivity contribution is -0.140. The average Bonchev–Trinajstić information content (AvgIpc) is 3.10. The Morgan fingerprint density at radius 2 is 1.81 bits per heavy atom. The van der Waals surface area contributed by atoms with E-state index in [1.807, 2.05) is 24.3 Å². The van der Waals surface area contributed by atoms with Gasteiger partial charge in [-0.15, -0.1) is 11.3 Å². The van der Waals surface area contributed by atoms with Crippen LogP contribution in [0.5, 0.6) is 5.75 Å². The zero-order chi connectivity index (χ0) is 19.0. The van der Waals surface area contributed by atoms with Crippen LogP contribution in [-0.2, 0) is 19.0 Å². The quantitative estimate of drug-likeness (QED) is 0.567. The molecule has 5 nitrogen and oxygen atoms in total. The van der Waals surface area contributed by atoms with Gasteiger partial charge in [-0.3, -0.25) is 4.99 Å². The summed E-state index contributed by atoms with van der Waals surface area (Å²) >= 11 is 1.01. The number of guanidine groups is 1. The van der Waals surface area contributed by atoms with Crippen LogP contribution in [0.4, 0.5) is 13.2 Å². The Morgan fingerprint density at radius 1 is 1.15 bits per heavy atom. The van der Waals surface area contributed by atoms with E-state index in [4.69, 9.17) is 4.74 Å². The number of aliphatic imine (C=N–C) groups is 1. The van der Waals surface area contributed by atoms with Gasteiger partial charge in [0.15, 0.2) is 11.7 Å². The lowest BCUT2D eigenvalue weighted by Gasteiger charge is -2.11. The molecule has 0 bridgehead atoms. The number of nitrogens with zero attached hydrogens (tertiary/aromatic N) is 2. The van der Waals surface area contributed by atoms with Gasteiger partial charge in [-0.05, 0) is 24.1 Å². The number of benzene rings is 1. The molecule has 2 N–H and O–H groups in total. The molecule has 0 aliphatic heterocycles. The first-order valence-electron chi connectivity index (χ1n) is 8.01. The number of hydrogen-bond acceptors (Lipinski definition) is 4. The second-order valence-electron chi connectivity index (χ2n) is 5.40. The molecule has 0 radical (unpaired) electrons. The van der Waals surface area contributed by atoms with Crippen LogP contribution in [0.2, 0.25) is 0 Å². The molecule has 0 aliphatic rings. The molecule has 0 atom stereocenters. The maximum Gasteiger partial charge on any atom is 0.434 e. The van der Waals surface area contributed by atoms with Gasteiger partial charge < -0.3 is 15.4 Å². The van der Waals surface area contributed by atoms with E-state index in [0.717, 1.165) is 34.5 Å². The van der Waals surface area contributed by atoms with Crippen LogP contribution in [0.25, 0.3) is 0 Å². The van der Waals surface area contributed by atoms with Gasteiger partial charge in [0.1, 0.15) is 5.75 Å². The standard InChI is InChI=1S/C17H21F3N4OS/c1-21-16(22-9-7-12-3-5-13(25-2)6-4-12)23-10-8-15-24-14(11-26-15)17(18,19)20/h3-6,11H,7-10H2,1-2H3,(H2,21,22,23). The van der Waals surface area contributed by atoms with Gasteiger partial charge in [0.25, 0.3) is 0 Å². The number of ether oxygens (including phenoxy) is 1. The molecular weight excluding hydrogens is 365 g/mol. The summed E-state index contributed by atoms with van der Waals surface area (Å²) in [4.78, 5) is 7.70. The van der Waals surface area contributed by atoms with E-state index in [1.54, 1.807) is 14.2 Å². The Hall–Kier alpha value is -2.29. The third-order valence-electron chi connectivity index (χ3n) is 3.56. The number of rotatable bonds is 7. The second-order valence-corrected chi connectivity index (χ2v) is 6.34. The molecule has 0 saturated heterocycles. The van der Waals surface area contributed by atoms with Crippen molar-refractivity contribution in [2.75, 3.05) is 27.2 Å². The number of nitrogens with one attached hydrogen (secondary N) is 2. The molecule has 0 saturated carbocycles. The molecule has 1 heterocycles. The van der Waals surface area contributed by atoms with E-state index in [9.17, 15) is 13.2 Å². The first-order valence-corrected chi connectivity index (χ1v) is 8.89. The normalized spacial score (nSPS) is 12.1. The minimum absolute atomic E-state index is 0.403. The lowest BCUT2D eigenvalue weighted by Crippen LogP contribution is -2.39. The van der Waals surface area contributed by atoms with Crippen molar-refractivity contribution in [1.82, 2.24) is 15.6 Å². The number of hydrogen-bond donors (Lipinski definition) is 2. The largest absolute Gasteiger partial charge is 0.497 e. The van der Waals surface area contributed by atoms with Gasteiger partial charge in [0.05, 0.1) is 12.1 Å². The molecule has 142 valence electrons. The highest BCUT2D eigenvalue weighted by Crippen LogP contribution is 2.29. The number of alkyl halides is 3. The van der Waals surface area contributed by atoms with Crippen LogP contribution in [0, 0.1) is 0 Å². The summed E-state index contributed by atoms with van der Waals surface area (Å²) in [6, 6.07) is 7.81. The molecule has 0 aliphatic carbocycles. The highest BCUT2D eigenvalue weighted by Gasteiger charge is 2.33. The summed E-state index contributed by atoms with van der Waals surface area (Å²) in [6.07, 6.45) is -3.17. The average molecular weight is 386 g/mol. The maximum absolute atomic E-state index is 12.5. The molecule has 0 spiro atoms. The zero-order valence-electron chi connectivity index (χ0n) is 14.6. The number of aromatic nitrogens is 1. The van der Waals surface area contributed by atoms with Crippen molar-refractivity contribution in [2.24, 2.45) is 4.99 Å². The topological polar surface area (TPSA) is 58.5 Å². The number of methoxy groups -OCH3 is 1. The van der Waals surface area contributed by atoms with Gasteiger partial charge >= 0.3 is 6.18 Å². The maximum atomic E-state index is 12.5. The summed E-state index contributed by atoms with van der Waals surface area (Å²) in [5, 5.41) is 7.73. The van der Waals surface area contributed by atoms with Crippen molar-refractivity contribution in [3.05, 3.63) is 45.9 Å². The molecule has 0 fully saturated rings. The minimum atomic E-state index is -4.39. The summed E-state index contributed by atoms with van der Waals surface area (Å²) in [5.74, 6) is 1.42. The Balaban J connectivity index is 1.71. The van der Waals surface area contributed by atoms with Crippen molar-refractivity contribution in [2.45, 2.75) is 19.0 Å². The summed E-state index contributed by atoms with van der Waals surface area (Å²) in [7, 11) is 3.27. The van der Waals surface area contributed by atoms with Crippen LogP contribution in [0.1, 0.15) is 16.3 Å². The smallest absolute Gasteiger partial charge is 0.434 e. The second kappa shape index (κ2) is 9.42. The molecule has 9 heteroatoms. The summed E-state index contributed by atoms with van der Waals surface area (Å²) in [6.45, 7) is 1.13. The van der Waals surface area contributed by atoms with Crippen LogP contribution in [0.15, 0.2) is 34.6 Å². The molecule has 2 rings (SSSR count). The summed E-state index contributed by atoms with van der Waals surface area (Å²) < 4.78 is 42.7. The van der Waals surface area contributed by atoms with Crippen molar-refractivity contribution < 1.29 is 17.9 Å². The Labute approximate surface area is 154 Å². The van der Waals surface area contributed by atoms with E-state index >= 15 is 0 Å². The lowest BCUT2D eigenvalue weighted by atomic mass is 10.1. The van der Waals surface area contributed by atoms with Crippen molar-refractivity contribution in [1.29, 1.82) is 0 Å². The van der Waals surface area contributed by atoms with E-state index in [2.05, 4.69) is 20.6 Å². The van der Waals surface area contributed by atoms with Gasteiger partial charge in [0.2, 0.25) is 0 Å². The van der Waals surface area contributed by atoms with Crippen LogP contribution >= 0.6 is 11.3 Å². The van der Waals surface area contributed by atoms with Crippen molar-refractivity contribution in [3.63, 3.8) is 0 Å². The van der Waals surface area contributed by atoms with Crippen molar-refractivity contribution >= 4 is 17.3 Å². The molecule has 0 amide bonds. The predicted octanol–water partition coefficient (Wildman–Crippen LogP) is 3.12. The molecule has 2 aromatic rings. The highest BCUT2D eigenvalue weighted by atomic mass is 32.1. The monoisotopic (exact) mass is 386 g/mol. The number of halogens is 3. The predicted molar refractivity (Wildman–Crippen MR) is 96.9 cm³/mol. The van der Waals surface area contributed by atoms with Gasteiger partial charge in [-0.25, -0.2) is 4.98 Å². The third kappa shape index (κ3) is 6.21. The molecule has 1 aromatic carbocycles. The molecule has 1 aromatic heterocycles. The van der Waals surface area contributed by atoms with Gasteiger partial charge in [-0.2, -0.15) is 13.2 Å². The summed E-state index contributed by atoms with van der Waals surface area (Å²) in [5.41, 5.74) is 0.329. The van der Waals surface area contributed by atoms with Crippen molar-refractivity contribution in [3.8, 4) is 5.75 Å². The third-order valence-corrected chi connectivity index (χ3v) is 4.47. The Bertz CT molecular complexity index is 714. The number of thiazole rings is 1. The van der Waals surface area contributed by atoms with E-state index in [1.165, 1.54) is 0 Å². The first kappa shape index (κ1) is 20.0. The fourth-order valence-corrected chi connectivity index (χ4v) is 2.99. The fourth-order valence-electron chi connectivity index (χ4n) is 2.18. The highest BCUT2D eigenvalue weighted by molar-refractivity contribution is 7.09. The first-order chi connectivity index (χ1) is 12.4. The zero-order valence-corrected chi connectivity index (χ0v) is 15.4. The molecular formula is C17H21F3N4OS. The molecule has 0 unspecified atom stereocenters. The van der Waals surface area contributed by atoms with Crippen LogP contribution in [-0.4, -0.2) is 38.2 Å². The minimum Gasteiger partial charge on any atom is -0.497 e. The SMILES string of the molecule is CN=C(NCCc1ccc(OC)cc1)NCCc1nc(C(F)(F)F)cs1. The van der Waals surface area contributed by atoms with E-state index < -0.39 is 11.9 Å². The van der Waals surface area contributed by atoms with E-state index in [0.29, 0.717) is 30.5 Å². The van der Waals surface area contributed by atoms with Crippen LogP contribution < -0.4 is 15.4 Å². The Morgan fingerprint density at radius 3 is 2.35 bits per heavy atom. The Kier molecular flexibility index (Phi) is 7.26. The van der Waals surface area contributed by atoms with Gasteiger partial charge in [-0.1, -0.05) is 12.1 Å². The van der Waals surface area contributed by atoms with Gasteiger partial charge in [0, 0.05) is 31.9 Å². The molecule has 26 heavy (non-hydrogen) atoms.